The van der Waals surface area contributed by atoms with Crippen molar-refractivity contribution in [3.63, 3.8) is 0 Å². The molecule has 0 aliphatic heterocycles. The summed E-state index contributed by atoms with van der Waals surface area (Å²) >= 11 is 3.23. The number of benzene rings is 1. The molecular weight excluding hydrogens is 469 g/mol. The second kappa shape index (κ2) is 9.28. The molecule has 0 atom stereocenters. The highest BCUT2D eigenvalue weighted by Crippen LogP contribution is 2.43. The fourth-order valence-corrected chi connectivity index (χ4v) is 2.98. The van der Waals surface area contributed by atoms with E-state index < -0.39 is 23.4 Å². The van der Waals surface area contributed by atoms with Crippen molar-refractivity contribution in [1.82, 2.24) is 10.3 Å². The Morgan fingerprint density at radius 2 is 1.90 bits per heavy atom. The Labute approximate surface area is 181 Å². The van der Waals surface area contributed by atoms with Gasteiger partial charge >= 0.3 is 12.3 Å². The second-order valence-electron chi connectivity index (χ2n) is 7.72. The minimum Gasteiger partial charge on any atom is -0.490 e. The van der Waals surface area contributed by atoms with Crippen molar-refractivity contribution in [2.45, 2.75) is 52.5 Å². The smallest absolute Gasteiger partial charge is 0.417 e. The molecule has 0 aliphatic carbocycles. The number of halogens is 4. The molecule has 1 heterocycles. The summed E-state index contributed by atoms with van der Waals surface area (Å²) in [4.78, 5) is 15.9. The van der Waals surface area contributed by atoms with Crippen LogP contribution in [0.3, 0.4) is 0 Å². The fourth-order valence-electron chi connectivity index (χ4n) is 2.53. The van der Waals surface area contributed by atoms with Gasteiger partial charge in [0.2, 0.25) is 5.88 Å². The first-order valence-corrected chi connectivity index (χ1v) is 10.0. The number of amides is 1. The molecule has 0 saturated carbocycles. The number of pyridine rings is 1. The van der Waals surface area contributed by atoms with E-state index in [-0.39, 0.29) is 41.8 Å². The highest BCUT2D eigenvalue weighted by atomic mass is 79.9. The van der Waals surface area contributed by atoms with Gasteiger partial charge in [-0.1, -0.05) is 0 Å². The number of alkyl carbamates (subject to hydrolysis) is 1. The quantitative estimate of drug-likeness (QED) is 0.523. The van der Waals surface area contributed by atoms with E-state index in [4.69, 9.17) is 14.2 Å². The molecule has 0 spiro atoms. The van der Waals surface area contributed by atoms with Crippen LogP contribution in [0.4, 0.5) is 18.0 Å². The van der Waals surface area contributed by atoms with Crippen LogP contribution < -0.4 is 14.8 Å². The van der Waals surface area contributed by atoms with Crippen LogP contribution in [0, 0.1) is 0 Å². The van der Waals surface area contributed by atoms with Crippen LogP contribution in [0.15, 0.2) is 22.7 Å². The molecule has 1 amide bonds. The highest BCUT2D eigenvalue weighted by molar-refractivity contribution is 9.10. The molecule has 0 aliphatic rings. The Bertz CT molecular complexity index is 912. The first-order valence-electron chi connectivity index (χ1n) is 9.24. The van der Waals surface area contributed by atoms with Gasteiger partial charge in [0, 0.05) is 6.07 Å². The molecule has 0 fully saturated rings. The van der Waals surface area contributed by atoms with Crippen LogP contribution in [0.2, 0.25) is 0 Å². The maximum atomic E-state index is 13.8. The lowest BCUT2D eigenvalue weighted by atomic mass is 10.1. The van der Waals surface area contributed by atoms with Gasteiger partial charge < -0.3 is 19.5 Å². The summed E-state index contributed by atoms with van der Waals surface area (Å²) in [6.45, 7) is 8.54. The van der Waals surface area contributed by atoms with Crippen LogP contribution in [-0.2, 0) is 10.9 Å². The molecule has 1 aromatic heterocycles. The summed E-state index contributed by atoms with van der Waals surface area (Å²) in [5.74, 6) is -0.140. The number of alkyl halides is 3. The predicted molar refractivity (Wildman–Crippen MR) is 110 cm³/mol. The fraction of sp³-hybridized carbons (Fsp3) is 0.500. The van der Waals surface area contributed by atoms with E-state index in [2.05, 4.69) is 26.2 Å². The molecule has 0 radical (unpaired) electrons. The van der Waals surface area contributed by atoms with Crippen LogP contribution >= 0.6 is 15.9 Å². The maximum Gasteiger partial charge on any atom is 0.417 e. The standard InChI is InChI=1S/C20H24BrF3N2O4/c1-11(2)29-15-10-12(20(22,23)24)16-14(26-15)7-6-13(21)17(16)28-9-8-25-18(27)30-19(3,4)5/h6-7,10-11H,8-9H2,1-5H3,(H,25,27). The van der Waals surface area contributed by atoms with Crippen molar-refractivity contribution in [3.8, 4) is 11.6 Å². The van der Waals surface area contributed by atoms with Gasteiger partial charge in [0.25, 0.3) is 0 Å². The van der Waals surface area contributed by atoms with Gasteiger partial charge in [0.1, 0.15) is 18.0 Å². The third kappa shape index (κ3) is 6.65. The van der Waals surface area contributed by atoms with Crippen molar-refractivity contribution in [2.24, 2.45) is 0 Å². The zero-order valence-corrected chi connectivity index (χ0v) is 18.9. The topological polar surface area (TPSA) is 69.7 Å². The molecule has 2 aromatic rings. The average Bonchev–Trinajstić information content (AvgIpc) is 2.56. The summed E-state index contributed by atoms with van der Waals surface area (Å²) in [5, 5.41) is 2.30. The Balaban J connectivity index is 2.31. The maximum absolute atomic E-state index is 13.8. The summed E-state index contributed by atoms with van der Waals surface area (Å²) < 4.78 is 57.7. The number of rotatable bonds is 6. The molecule has 10 heteroatoms. The van der Waals surface area contributed by atoms with Crippen molar-refractivity contribution in [3.05, 3.63) is 28.2 Å². The summed E-state index contributed by atoms with van der Waals surface area (Å²) in [5.41, 5.74) is -1.49. The van der Waals surface area contributed by atoms with Crippen LogP contribution in [0.25, 0.3) is 10.9 Å². The molecule has 1 N–H and O–H groups in total. The summed E-state index contributed by atoms with van der Waals surface area (Å²) in [7, 11) is 0. The van der Waals surface area contributed by atoms with Crippen LogP contribution in [0.1, 0.15) is 40.2 Å². The van der Waals surface area contributed by atoms with Crippen molar-refractivity contribution >= 4 is 32.9 Å². The van der Waals surface area contributed by atoms with E-state index in [1.165, 1.54) is 6.07 Å². The third-order valence-corrected chi connectivity index (χ3v) is 4.16. The van der Waals surface area contributed by atoms with Crippen molar-refractivity contribution in [2.75, 3.05) is 13.2 Å². The Hall–Kier alpha value is -2.23. The molecule has 166 valence electrons. The Kier molecular flexibility index (Phi) is 7.44. The number of hydrogen-bond acceptors (Lipinski definition) is 5. The predicted octanol–water partition coefficient (Wildman–Crippen LogP) is 5.71. The molecule has 30 heavy (non-hydrogen) atoms. The van der Waals surface area contributed by atoms with Crippen molar-refractivity contribution in [1.29, 1.82) is 0 Å². The van der Waals surface area contributed by atoms with Gasteiger partial charge in [-0.25, -0.2) is 9.78 Å². The van der Waals surface area contributed by atoms with E-state index in [9.17, 15) is 18.0 Å². The van der Waals surface area contributed by atoms with Gasteiger partial charge in [0.05, 0.1) is 33.6 Å². The van der Waals surface area contributed by atoms with E-state index in [0.29, 0.717) is 4.47 Å². The number of carbonyl (C=O) groups excluding carboxylic acids is 1. The SMILES string of the molecule is CC(C)Oc1cc(C(F)(F)F)c2c(OCCNC(=O)OC(C)(C)C)c(Br)ccc2n1. The molecule has 2 rings (SSSR count). The third-order valence-electron chi connectivity index (χ3n) is 3.53. The number of hydrogen-bond donors (Lipinski definition) is 1. The van der Waals surface area contributed by atoms with Gasteiger partial charge in [-0.3, -0.25) is 0 Å². The monoisotopic (exact) mass is 492 g/mol. The molecule has 0 unspecified atom stereocenters. The average molecular weight is 493 g/mol. The Morgan fingerprint density at radius 3 is 2.47 bits per heavy atom. The van der Waals surface area contributed by atoms with E-state index in [1.807, 2.05) is 0 Å². The molecular formula is C20H24BrF3N2O4. The van der Waals surface area contributed by atoms with E-state index in [0.717, 1.165) is 6.07 Å². The zero-order valence-electron chi connectivity index (χ0n) is 17.3. The van der Waals surface area contributed by atoms with E-state index >= 15 is 0 Å². The van der Waals surface area contributed by atoms with Crippen molar-refractivity contribution < 1.29 is 32.2 Å². The highest BCUT2D eigenvalue weighted by Gasteiger charge is 2.35. The lowest BCUT2D eigenvalue weighted by molar-refractivity contribution is -0.136. The summed E-state index contributed by atoms with van der Waals surface area (Å²) in [6.07, 6.45) is -5.62. The minimum atomic E-state index is -4.65. The summed E-state index contributed by atoms with van der Waals surface area (Å²) in [6, 6.07) is 3.86. The molecule has 0 bridgehead atoms. The number of nitrogens with zero attached hydrogens (tertiary/aromatic N) is 1. The minimum absolute atomic E-state index is 0.0191. The van der Waals surface area contributed by atoms with Gasteiger partial charge in [-0.2, -0.15) is 13.2 Å². The largest absolute Gasteiger partial charge is 0.490 e. The molecule has 6 nitrogen and oxygen atoms in total. The second-order valence-corrected chi connectivity index (χ2v) is 8.57. The number of fused-ring (bicyclic) bond motifs is 1. The number of nitrogens with one attached hydrogen (secondary N) is 1. The van der Waals surface area contributed by atoms with E-state index in [1.54, 1.807) is 40.7 Å². The molecule has 1 aromatic carbocycles. The Morgan fingerprint density at radius 1 is 1.23 bits per heavy atom. The number of ether oxygens (including phenoxy) is 3. The van der Waals surface area contributed by atoms with Crippen LogP contribution in [-0.4, -0.2) is 35.9 Å². The lowest BCUT2D eigenvalue weighted by Gasteiger charge is -2.20. The normalized spacial score (nSPS) is 12.2. The lowest BCUT2D eigenvalue weighted by Crippen LogP contribution is -2.34. The molecule has 0 saturated heterocycles. The van der Waals surface area contributed by atoms with Gasteiger partial charge in [-0.05, 0) is 62.7 Å². The number of aromatic nitrogens is 1. The van der Waals surface area contributed by atoms with Crippen LogP contribution in [0.5, 0.6) is 11.6 Å². The zero-order chi connectivity index (χ0) is 22.7. The first kappa shape index (κ1) is 24.0. The van der Waals surface area contributed by atoms with Gasteiger partial charge in [-0.15, -0.1) is 0 Å². The number of carbonyl (C=O) groups is 1. The first-order chi connectivity index (χ1) is 13.8. The van der Waals surface area contributed by atoms with Gasteiger partial charge in [0.15, 0.2) is 0 Å².